The maximum absolute atomic E-state index is 11.0. The SMILES string of the molecule is CC(NC(C)(CO)c1ccccc1)C(N)=O. The largest absolute Gasteiger partial charge is 0.394 e. The molecule has 0 fully saturated rings. The van der Waals surface area contributed by atoms with E-state index in [1.807, 2.05) is 37.3 Å². The smallest absolute Gasteiger partial charge is 0.234 e. The molecule has 88 valence electrons. The number of benzene rings is 1. The maximum atomic E-state index is 11.0. The summed E-state index contributed by atoms with van der Waals surface area (Å²) in [5.74, 6) is -0.435. The Kier molecular flexibility index (Phi) is 4.04. The third kappa shape index (κ3) is 2.81. The van der Waals surface area contributed by atoms with Crippen molar-refractivity contribution in [3.63, 3.8) is 0 Å². The molecular weight excluding hydrogens is 204 g/mol. The molecule has 0 saturated heterocycles. The Bertz CT molecular complexity index is 353. The van der Waals surface area contributed by atoms with Gasteiger partial charge in [-0.15, -0.1) is 0 Å². The number of carbonyl (C=O) groups excluding carboxylic acids is 1. The molecule has 4 nitrogen and oxygen atoms in total. The van der Waals surface area contributed by atoms with Crippen LogP contribution in [0, 0.1) is 0 Å². The summed E-state index contributed by atoms with van der Waals surface area (Å²) in [7, 11) is 0. The molecule has 0 aromatic heterocycles. The van der Waals surface area contributed by atoms with Gasteiger partial charge in [-0.1, -0.05) is 30.3 Å². The molecule has 4 N–H and O–H groups in total. The van der Waals surface area contributed by atoms with Crippen LogP contribution in [0.4, 0.5) is 0 Å². The highest BCUT2D eigenvalue weighted by molar-refractivity contribution is 5.79. The molecule has 0 saturated carbocycles. The Balaban J connectivity index is 2.90. The van der Waals surface area contributed by atoms with E-state index >= 15 is 0 Å². The number of amides is 1. The van der Waals surface area contributed by atoms with E-state index in [0.29, 0.717) is 0 Å². The number of aliphatic hydroxyl groups is 1. The van der Waals surface area contributed by atoms with Gasteiger partial charge in [0.2, 0.25) is 5.91 Å². The fourth-order valence-corrected chi connectivity index (χ4v) is 1.58. The summed E-state index contributed by atoms with van der Waals surface area (Å²) in [5, 5.41) is 12.5. The average molecular weight is 222 g/mol. The van der Waals surface area contributed by atoms with Crippen LogP contribution >= 0.6 is 0 Å². The Morgan fingerprint density at radius 1 is 1.50 bits per heavy atom. The van der Waals surface area contributed by atoms with Crippen LogP contribution in [-0.4, -0.2) is 23.7 Å². The highest BCUT2D eigenvalue weighted by atomic mass is 16.3. The zero-order valence-electron chi connectivity index (χ0n) is 9.60. The highest BCUT2D eigenvalue weighted by Crippen LogP contribution is 2.20. The van der Waals surface area contributed by atoms with Crippen molar-refractivity contribution < 1.29 is 9.90 Å². The van der Waals surface area contributed by atoms with E-state index in [2.05, 4.69) is 5.32 Å². The minimum atomic E-state index is -0.657. The zero-order valence-corrected chi connectivity index (χ0v) is 9.60. The second-order valence-electron chi connectivity index (χ2n) is 4.12. The topological polar surface area (TPSA) is 75.3 Å². The van der Waals surface area contributed by atoms with Crippen molar-refractivity contribution in [2.75, 3.05) is 6.61 Å². The van der Waals surface area contributed by atoms with Crippen LogP contribution in [0.15, 0.2) is 30.3 Å². The zero-order chi connectivity index (χ0) is 12.2. The number of nitrogens with two attached hydrogens (primary N) is 1. The van der Waals surface area contributed by atoms with Gasteiger partial charge in [0.15, 0.2) is 0 Å². The quantitative estimate of drug-likeness (QED) is 0.673. The summed E-state index contributed by atoms with van der Waals surface area (Å²) in [4.78, 5) is 11.0. The number of carbonyl (C=O) groups is 1. The summed E-state index contributed by atoms with van der Waals surface area (Å²) < 4.78 is 0. The van der Waals surface area contributed by atoms with Crippen LogP contribution in [0.1, 0.15) is 19.4 Å². The van der Waals surface area contributed by atoms with Gasteiger partial charge in [-0.3, -0.25) is 10.1 Å². The molecule has 1 aromatic rings. The molecule has 0 aliphatic heterocycles. The summed E-state index contributed by atoms with van der Waals surface area (Å²) >= 11 is 0. The number of aliphatic hydroxyl groups excluding tert-OH is 1. The van der Waals surface area contributed by atoms with E-state index < -0.39 is 17.5 Å². The molecule has 16 heavy (non-hydrogen) atoms. The average Bonchev–Trinajstić information content (AvgIpc) is 2.29. The fraction of sp³-hybridized carbons (Fsp3) is 0.417. The first-order valence-corrected chi connectivity index (χ1v) is 5.23. The fourth-order valence-electron chi connectivity index (χ4n) is 1.58. The first-order chi connectivity index (χ1) is 7.49. The first kappa shape index (κ1) is 12.7. The number of rotatable bonds is 5. The second-order valence-corrected chi connectivity index (χ2v) is 4.12. The van der Waals surface area contributed by atoms with E-state index in [0.717, 1.165) is 5.56 Å². The lowest BCUT2D eigenvalue weighted by molar-refractivity contribution is -0.120. The lowest BCUT2D eigenvalue weighted by Crippen LogP contribution is -2.51. The molecule has 0 heterocycles. The number of nitrogens with one attached hydrogen (secondary N) is 1. The molecule has 0 spiro atoms. The molecular formula is C12H18N2O2. The van der Waals surface area contributed by atoms with Crippen molar-refractivity contribution in [1.82, 2.24) is 5.32 Å². The molecule has 0 aliphatic rings. The number of primary amides is 1. The van der Waals surface area contributed by atoms with Gasteiger partial charge in [-0.05, 0) is 19.4 Å². The summed E-state index contributed by atoms with van der Waals surface area (Å²) in [6, 6.07) is 8.99. The van der Waals surface area contributed by atoms with E-state index in [4.69, 9.17) is 5.73 Å². The molecule has 1 amide bonds. The molecule has 0 aliphatic carbocycles. The van der Waals surface area contributed by atoms with Crippen LogP contribution in [0.25, 0.3) is 0 Å². The van der Waals surface area contributed by atoms with Gasteiger partial charge in [-0.2, -0.15) is 0 Å². The van der Waals surface area contributed by atoms with Crippen LogP contribution in [0.3, 0.4) is 0 Å². The van der Waals surface area contributed by atoms with Gasteiger partial charge in [0.25, 0.3) is 0 Å². The number of hydrogen-bond acceptors (Lipinski definition) is 3. The lowest BCUT2D eigenvalue weighted by Gasteiger charge is -2.31. The molecule has 1 aromatic carbocycles. The van der Waals surface area contributed by atoms with Crippen molar-refractivity contribution in [2.45, 2.75) is 25.4 Å². The van der Waals surface area contributed by atoms with E-state index in [1.165, 1.54) is 0 Å². The summed E-state index contributed by atoms with van der Waals surface area (Å²) in [6.45, 7) is 3.41. The van der Waals surface area contributed by atoms with Crippen LogP contribution in [-0.2, 0) is 10.3 Å². The van der Waals surface area contributed by atoms with E-state index in [-0.39, 0.29) is 6.61 Å². The summed E-state index contributed by atoms with van der Waals surface area (Å²) in [6.07, 6.45) is 0. The van der Waals surface area contributed by atoms with Gasteiger partial charge in [0.05, 0.1) is 18.2 Å². The summed E-state index contributed by atoms with van der Waals surface area (Å²) in [5.41, 5.74) is 5.46. The molecule has 4 heteroatoms. The lowest BCUT2D eigenvalue weighted by atomic mass is 9.92. The molecule has 2 unspecified atom stereocenters. The van der Waals surface area contributed by atoms with Gasteiger partial charge in [0.1, 0.15) is 0 Å². The molecule has 2 atom stereocenters. The normalized spacial score (nSPS) is 16.4. The molecule has 0 radical (unpaired) electrons. The predicted octanol–water partition coefficient (Wildman–Crippen LogP) is 0.358. The van der Waals surface area contributed by atoms with Crippen molar-refractivity contribution in [1.29, 1.82) is 0 Å². The third-order valence-electron chi connectivity index (χ3n) is 2.69. The van der Waals surface area contributed by atoms with E-state index in [1.54, 1.807) is 6.92 Å². The Hall–Kier alpha value is -1.39. The van der Waals surface area contributed by atoms with Crippen molar-refractivity contribution in [3.8, 4) is 0 Å². The monoisotopic (exact) mass is 222 g/mol. The Morgan fingerprint density at radius 3 is 2.50 bits per heavy atom. The van der Waals surface area contributed by atoms with Crippen LogP contribution < -0.4 is 11.1 Å². The van der Waals surface area contributed by atoms with Crippen molar-refractivity contribution >= 4 is 5.91 Å². The van der Waals surface area contributed by atoms with Gasteiger partial charge < -0.3 is 10.8 Å². The predicted molar refractivity (Wildman–Crippen MR) is 62.7 cm³/mol. The van der Waals surface area contributed by atoms with Crippen molar-refractivity contribution in [3.05, 3.63) is 35.9 Å². The third-order valence-corrected chi connectivity index (χ3v) is 2.69. The van der Waals surface area contributed by atoms with Gasteiger partial charge in [0, 0.05) is 0 Å². The highest BCUT2D eigenvalue weighted by Gasteiger charge is 2.28. The van der Waals surface area contributed by atoms with Crippen LogP contribution in [0.5, 0.6) is 0 Å². The van der Waals surface area contributed by atoms with Gasteiger partial charge in [-0.25, -0.2) is 0 Å². The Labute approximate surface area is 95.5 Å². The first-order valence-electron chi connectivity index (χ1n) is 5.23. The van der Waals surface area contributed by atoms with Gasteiger partial charge >= 0.3 is 0 Å². The molecule has 0 bridgehead atoms. The minimum absolute atomic E-state index is 0.103. The minimum Gasteiger partial charge on any atom is -0.394 e. The Morgan fingerprint density at radius 2 is 2.06 bits per heavy atom. The van der Waals surface area contributed by atoms with Crippen LogP contribution in [0.2, 0.25) is 0 Å². The van der Waals surface area contributed by atoms with E-state index in [9.17, 15) is 9.90 Å². The molecule has 1 rings (SSSR count). The maximum Gasteiger partial charge on any atom is 0.234 e. The standard InChI is InChI=1S/C12H18N2O2/c1-9(11(13)16)14-12(2,8-15)10-6-4-3-5-7-10/h3-7,9,14-15H,8H2,1-2H3,(H2,13,16). The second kappa shape index (κ2) is 5.09. The number of hydrogen-bond donors (Lipinski definition) is 3. The van der Waals surface area contributed by atoms with Crippen molar-refractivity contribution in [2.24, 2.45) is 5.73 Å².